The lowest BCUT2D eigenvalue weighted by atomic mass is 10.1. The molecule has 1 aromatic heterocycles. The number of methoxy groups -OCH3 is 1. The Bertz CT molecular complexity index is 924. The van der Waals surface area contributed by atoms with Gasteiger partial charge in [-0.15, -0.1) is 0 Å². The van der Waals surface area contributed by atoms with Crippen molar-refractivity contribution in [3.05, 3.63) is 72.6 Å². The lowest BCUT2D eigenvalue weighted by Gasteiger charge is -2.18. The topological polar surface area (TPSA) is 59.4 Å². The van der Waals surface area contributed by atoms with Crippen molar-refractivity contribution in [3.8, 4) is 11.4 Å². The summed E-state index contributed by atoms with van der Waals surface area (Å²) in [5, 5.41) is 7.46. The Labute approximate surface area is 164 Å². The molecule has 1 unspecified atom stereocenters. The first kappa shape index (κ1) is 18.1. The molecule has 2 heterocycles. The van der Waals surface area contributed by atoms with E-state index in [4.69, 9.17) is 4.74 Å². The molecular formula is C22H24N4O2. The van der Waals surface area contributed by atoms with Crippen molar-refractivity contribution in [3.63, 3.8) is 0 Å². The molecule has 1 saturated heterocycles. The van der Waals surface area contributed by atoms with Crippen LogP contribution in [0.3, 0.4) is 0 Å². The van der Waals surface area contributed by atoms with Crippen LogP contribution in [0.5, 0.6) is 5.75 Å². The van der Waals surface area contributed by atoms with Crippen molar-refractivity contribution in [1.29, 1.82) is 0 Å². The average molecular weight is 376 g/mol. The van der Waals surface area contributed by atoms with E-state index in [1.165, 1.54) is 5.69 Å². The normalized spacial score (nSPS) is 16.2. The van der Waals surface area contributed by atoms with Crippen molar-refractivity contribution in [2.75, 3.05) is 31.6 Å². The molecule has 0 spiro atoms. The highest BCUT2D eigenvalue weighted by Crippen LogP contribution is 2.23. The molecule has 2 aromatic carbocycles. The molecule has 0 saturated carbocycles. The van der Waals surface area contributed by atoms with Crippen LogP contribution in [0.15, 0.2) is 66.9 Å². The van der Waals surface area contributed by atoms with E-state index < -0.39 is 0 Å². The van der Waals surface area contributed by atoms with Gasteiger partial charge in [-0.25, -0.2) is 4.68 Å². The van der Waals surface area contributed by atoms with Crippen LogP contribution in [0.4, 0.5) is 5.69 Å². The number of ether oxygens (including phenoxy) is 1. The van der Waals surface area contributed by atoms with Gasteiger partial charge in [0.05, 0.1) is 19.0 Å². The lowest BCUT2D eigenvalue weighted by Crippen LogP contribution is -2.31. The maximum absolute atomic E-state index is 12.7. The number of carbonyl (C=O) groups excluding carboxylic acids is 1. The third-order valence-electron chi connectivity index (χ3n) is 5.09. The van der Waals surface area contributed by atoms with Crippen LogP contribution in [0, 0.1) is 5.92 Å². The molecule has 1 N–H and O–H groups in total. The number of anilines is 1. The van der Waals surface area contributed by atoms with Gasteiger partial charge in [0, 0.05) is 25.3 Å². The Hall–Kier alpha value is -3.28. The molecule has 6 nitrogen and oxygen atoms in total. The largest absolute Gasteiger partial charge is 0.493 e. The molecular weight excluding hydrogens is 352 g/mol. The Morgan fingerprint density at radius 1 is 1.11 bits per heavy atom. The summed E-state index contributed by atoms with van der Waals surface area (Å²) in [7, 11) is 1.55. The monoisotopic (exact) mass is 376 g/mol. The lowest BCUT2D eigenvalue weighted by molar-refractivity contribution is 0.0940. The Balaban J connectivity index is 1.38. The van der Waals surface area contributed by atoms with Crippen LogP contribution >= 0.6 is 0 Å². The van der Waals surface area contributed by atoms with Crippen molar-refractivity contribution in [2.45, 2.75) is 6.42 Å². The van der Waals surface area contributed by atoms with E-state index >= 15 is 0 Å². The highest BCUT2D eigenvalue weighted by Gasteiger charge is 2.24. The van der Waals surface area contributed by atoms with Gasteiger partial charge < -0.3 is 15.0 Å². The minimum absolute atomic E-state index is 0.204. The van der Waals surface area contributed by atoms with E-state index in [9.17, 15) is 4.79 Å². The van der Waals surface area contributed by atoms with Gasteiger partial charge in [-0.1, -0.05) is 36.4 Å². The minimum Gasteiger partial charge on any atom is -0.493 e. The SMILES string of the molecule is COc1cn(-c2ccccc2)nc1C(=O)NCC1CCN(c2ccccc2)C1. The van der Waals surface area contributed by atoms with Crippen molar-refractivity contribution >= 4 is 11.6 Å². The van der Waals surface area contributed by atoms with Gasteiger partial charge in [-0.2, -0.15) is 5.10 Å². The number of para-hydroxylation sites is 2. The van der Waals surface area contributed by atoms with Crippen molar-refractivity contribution < 1.29 is 9.53 Å². The molecule has 0 radical (unpaired) electrons. The predicted octanol–water partition coefficient (Wildman–Crippen LogP) is 3.14. The molecule has 144 valence electrons. The summed E-state index contributed by atoms with van der Waals surface area (Å²) in [4.78, 5) is 15.1. The summed E-state index contributed by atoms with van der Waals surface area (Å²) in [6, 6.07) is 20.1. The van der Waals surface area contributed by atoms with Crippen LogP contribution in [-0.4, -0.2) is 42.4 Å². The van der Waals surface area contributed by atoms with Gasteiger partial charge in [-0.05, 0) is 36.6 Å². The second-order valence-electron chi connectivity index (χ2n) is 6.97. The zero-order valence-corrected chi connectivity index (χ0v) is 15.9. The van der Waals surface area contributed by atoms with Crippen molar-refractivity contribution in [1.82, 2.24) is 15.1 Å². The Kier molecular flexibility index (Phi) is 5.28. The number of amides is 1. The summed E-state index contributed by atoms with van der Waals surface area (Å²) in [5.74, 6) is 0.690. The van der Waals surface area contributed by atoms with Gasteiger partial charge in [-0.3, -0.25) is 4.79 Å². The molecule has 1 fully saturated rings. The Morgan fingerprint density at radius 2 is 1.79 bits per heavy atom. The number of nitrogens with one attached hydrogen (secondary N) is 1. The predicted molar refractivity (Wildman–Crippen MR) is 109 cm³/mol. The van der Waals surface area contributed by atoms with E-state index in [0.29, 0.717) is 23.9 Å². The van der Waals surface area contributed by atoms with Crippen LogP contribution in [-0.2, 0) is 0 Å². The van der Waals surface area contributed by atoms with Gasteiger partial charge >= 0.3 is 0 Å². The van der Waals surface area contributed by atoms with Crippen LogP contribution in [0.1, 0.15) is 16.9 Å². The standard InChI is InChI=1S/C22H24N4O2/c1-28-20-16-26(19-10-6-3-7-11-19)24-21(20)22(27)23-14-17-12-13-25(15-17)18-8-4-2-5-9-18/h2-11,16-17H,12-15H2,1H3,(H,23,27). The summed E-state index contributed by atoms with van der Waals surface area (Å²) in [6.07, 6.45) is 2.79. The maximum Gasteiger partial charge on any atom is 0.275 e. The zero-order valence-electron chi connectivity index (χ0n) is 15.9. The average Bonchev–Trinajstić information content (AvgIpc) is 3.40. The van der Waals surface area contributed by atoms with E-state index in [2.05, 4.69) is 39.6 Å². The smallest absolute Gasteiger partial charge is 0.275 e. The van der Waals surface area contributed by atoms with Crippen LogP contribution in [0.2, 0.25) is 0 Å². The fourth-order valence-corrected chi connectivity index (χ4v) is 3.57. The summed E-state index contributed by atoms with van der Waals surface area (Å²) < 4.78 is 7.03. The molecule has 28 heavy (non-hydrogen) atoms. The van der Waals surface area contributed by atoms with Crippen LogP contribution < -0.4 is 15.0 Å². The number of aromatic nitrogens is 2. The van der Waals surface area contributed by atoms with Gasteiger partial charge in [0.15, 0.2) is 11.4 Å². The van der Waals surface area contributed by atoms with E-state index in [0.717, 1.165) is 25.2 Å². The number of hydrogen-bond donors (Lipinski definition) is 1. The third kappa shape index (κ3) is 3.86. The number of carbonyl (C=O) groups is 1. The molecule has 1 amide bonds. The molecule has 4 rings (SSSR count). The number of rotatable bonds is 6. The van der Waals surface area contributed by atoms with E-state index in [1.54, 1.807) is 18.0 Å². The van der Waals surface area contributed by atoms with Gasteiger partial charge in [0.2, 0.25) is 0 Å². The first-order valence-electron chi connectivity index (χ1n) is 9.52. The molecule has 1 aliphatic rings. The van der Waals surface area contributed by atoms with E-state index in [1.807, 2.05) is 36.4 Å². The highest BCUT2D eigenvalue weighted by molar-refractivity contribution is 5.95. The first-order valence-corrected chi connectivity index (χ1v) is 9.52. The van der Waals surface area contributed by atoms with Gasteiger partial charge in [0.1, 0.15) is 0 Å². The van der Waals surface area contributed by atoms with E-state index in [-0.39, 0.29) is 5.91 Å². The van der Waals surface area contributed by atoms with Gasteiger partial charge in [0.25, 0.3) is 5.91 Å². The molecule has 1 aliphatic heterocycles. The maximum atomic E-state index is 12.7. The fraction of sp³-hybridized carbons (Fsp3) is 0.273. The zero-order chi connectivity index (χ0) is 19.3. The fourth-order valence-electron chi connectivity index (χ4n) is 3.57. The van der Waals surface area contributed by atoms with Crippen molar-refractivity contribution in [2.24, 2.45) is 5.92 Å². The molecule has 1 atom stereocenters. The number of nitrogens with zero attached hydrogens (tertiary/aromatic N) is 3. The number of benzene rings is 2. The second kappa shape index (κ2) is 8.17. The summed E-state index contributed by atoms with van der Waals surface area (Å²) in [6.45, 7) is 2.58. The first-order chi connectivity index (χ1) is 13.7. The van der Waals surface area contributed by atoms with Crippen LogP contribution in [0.25, 0.3) is 5.69 Å². The number of hydrogen-bond acceptors (Lipinski definition) is 4. The molecule has 6 heteroatoms. The minimum atomic E-state index is -0.204. The summed E-state index contributed by atoms with van der Waals surface area (Å²) in [5.41, 5.74) is 2.43. The molecule has 3 aromatic rings. The quantitative estimate of drug-likeness (QED) is 0.718. The summed E-state index contributed by atoms with van der Waals surface area (Å²) >= 11 is 0. The Morgan fingerprint density at radius 3 is 2.46 bits per heavy atom. The highest BCUT2D eigenvalue weighted by atomic mass is 16.5. The third-order valence-corrected chi connectivity index (χ3v) is 5.09. The second-order valence-corrected chi connectivity index (χ2v) is 6.97. The molecule has 0 bridgehead atoms. The molecule has 0 aliphatic carbocycles.